The SMILES string of the molecule is C=CCOc1c(Cl)cc(CNCCCNCCO)cc1OC. The molecule has 3 N–H and O–H groups in total. The van der Waals surface area contributed by atoms with Gasteiger partial charge in [0.2, 0.25) is 0 Å². The van der Waals surface area contributed by atoms with Crippen LogP contribution < -0.4 is 20.1 Å². The van der Waals surface area contributed by atoms with E-state index in [1.807, 2.05) is 12.1 Å². The highest BCUT2D eigenvalue weighted by Crippen LogP contribution is 2.36. The van der Waals surface area contributed by atoms with E-state index < -0.39 is 0 Å². The normalized spacial score (nSPS) is 10.5. The second-order valence-electron chi connectivity index (χ2n) is 4.71. The first-order valence-electron chi connectivity index (χ1n) is 7.35. The Balaban J connectivity index is 2.47. The van der Waals surface area contributed by atoms with Crippen molar-refractivity contribution in [1.82, 2.24) is 10.6 Å². The van der Waals surface area contributed by atoms with Gasteiger partial charge in [0.1, 0.15) is 6.61 Å². The third kappa shape index (κ3) is 6.66. The Kier molecular flexibility index (Phi) is 9.66. The summed E-state index contributed by atoms with van der Waals surface area (Å²) in [6.07, 6.45) is 2.65. The van der Waals surface area contributed by atoms with Crippen LogP contribution in [0.5, 0.6) is 11.5 Å². The fourth-order valence-corrected chi connectivity index (χ4v) is 2.22. The number of methoxy groups -OCH3 is 1. The second kappa shape index (κ2) is 11.3. The van der Waals surface area contributed by atoms with E-state index in [1.165, 1.54) is 0 Å². The zero-order chi connectivity index (χ0) is 16.2. The lowest BCUT2D eigenvalue weighted by atomic mass is 10.2. The summed E-state index contributed by atoms with van der Waals surface area (Å²) in [4.78, 5) is 0. The molecule has 0 aliphatic carbocycles. The predicted octanol–water partition coefficient (Wildman–Crippen LogP) is 1.97. The molecule has 124 valence electrons. The molecule has 1 rings (SSSR count). The van der Waals surface area contributed by atoms with Crippen molar-refractivity contribution in [3.8, 4) is 11.5 Å². The van der Waals surface area contributed by atoms with Crippen LogP contribution in [0.15, 0.2) is 24.8 Å². The highest BCUT2D eigenvalue weighted by molar-refractivity contribution is 6.32. The number of hydrogen-bond acceptors (Lipinski definition) is 5. The molecule has 1 aromatic carbocycles. The first-order chi connectivity index (χ1) is 10.7. The average Bonchev–Trinajstić information content (AvgIpc) is 2.52. The van der Waals surface area contributed by atoms with E-state index in [4.69, 9.17) is 26.2 Å². The molecule has 0 radical (unpaired) electrons. The number of benzene rings is 1. The number of rotatable bonds is 12. The summed E-state index contributed by atoms with van der Waals surface area (Å²) in [5, 5.41) is 15.7. The molecule has 0 fully saturated rings. The average molecular weight is 329 g/mol. The molecule has 0 unspecified atom stereocenters. The fraction of sp³-hybridized carbons (Fsp3) is 0.500. The lowest BCUT2D eigenvalue weighted by molar-refractivity contribution is 0.292. The summed E-state index contributed by atoms with van der Waals surface area (Å²) in [5.74, 6) is 1.16. The van der Waals surface area contributed by atoms with Gasteiger partial charge in [-0.3, -0.25) is 0 Å². The summed E-state index contributed by atoms with van der Waals surface area (Å²) in [7, 11) is 1.59. The third-order valence-electron chi connectivity index (χ3n) is 2.96. The monoisotopic (exact) mass is 328 g/mol. The number of aliphatic hydroxyl groups excluding tert-OH is 1. The van der Waals surface area contributed by atoms with Crippen molar-refractivity contribution in [1.29, 1.82) is 0 Å². The van der Waals surface area contributed by atoms with Gasteiger partial charge in [-0.2, -0.15) is 0 Å². The van der Waals surface area contributed by atoms with E-state index in [0.29, 0.717) is 36.2 Å². The number of halogens is 1. The lowest BCUT2D eigenvalue weighted by Gasteiger charge is -2.13. The van der Waals surface area contributed by atoms with E-state index in [9.17, 15) is 0 Å². The van der Waals surface area contributed by atoms with Crippen LogP contribution in [-0.4, -0.2) is 45.1 Å². The Hall–Kier alpha value is -1.27. The molecule has 5 nitrogen and oxygen atoms in total. The van der Waals surface area contributed by atoms with Gasteiger partial charge in [0, 0.05) is 13.1 Å². The molecule has 1 aromatic rings. The molecule has 22 heavy (non-hydrogen) atoms. The van der Waals surface area contributed by atoms with Crippen molar-refractivity contribution >= 4 is 11.6 Å². The molecule has 0 aromatic heterocycles. The molecule has 0 aliphatic heterocycles. The van der Waals surface area contributed by atoms with Gasteiger partial charge in [0.05, 0.1) is 18.7 Å². The minimum absolute atomic E-state index is 0.173. The largest absolute Gasteiger partial charge is 0.493 e. The molecule has 0 bridgehead atoms. The van der Waals surface area contributed by atoms with Crippen molar-refractivity contribution in [2.24, 2.45) is 0 Å². The number of nitrogens with one attached hydrogen (secondary N) is 2. The van der Waals surface area contributed by atoms with Gasteiger partial charge in [-0.15, -0.1) is 0 Å². The molecular formula is C16H25ClN2O3. The molecule has 0 amide bonds. The van der Waals surface area contributed by atoms with Gasteiger partial charge in [-0.1, -0.05) is 24.3 Å². The summed E-state index contributed by atoms with van der Waals surface area (Å²) in [5.41, 5.74) is 1.04. The summed E-state index contributed by atoms with van der Waals surface area (Å²) >= 11 is 6.25. The van der Waals surface area contributed by atoms with Gasteiger partial charge < -0.3 is 25.2 Å². The minimum Gasteiger partial charge on any atom is -0.493 e. The molecule has 0 spiro atoms. The van der Waals surface area contributed by atoms with Gasteiger partial charge >= 0.3 is 0 Å². The third-order valence-corrected chi connectivity index (χ3v) is 3.24. The quantitative estimate of drug-likeness (QED) is 0.404. The van der Waals surface area contributed by atoms with Crippen LogP contribution in [0.3, 0.4) is 0 Å². The maximum atomic E-state index is 8.65. The van der Waals surface area contributed by atoms with Crippen molar-refractivity contribution in [3.63, 3.8) is 0 Å². The smallest absolute Gasteiger partial charge is 0.180 e. The minimum atomic E-state index is 0.173. The van der Waals surface area contributed by atoms with E-state index >= 15 is 0 Å². The Morgan fingerprint density at radius 3 is 2.73 bits per heavy atom. The van der Waals surface area contributed by atoms with Gasteiger partial charge in [-0.25, -0.2) is 0 Å². The Bertz CT molecular complexity index is 455. The van der Waals surface area contributed by atoms with Crippen molar-refractivity contribution in [3.05, 3.63) is 35.4 Å². The molecule has 0 aliphatic rings. The molecular weight excluding hydrogens is 304 g/mol. The zero-order valence-corrected chi connectivity index (χ0v) is 13.8. The van der Waals surface area contributed by atoms with Crippen molar-refractivity contribution in [2.45, 2.75) is 13.0 Å². The van der Waals surface area contributed by atoms with Gasteiger partial charge in [0.25, 0.3) is 0 Å². The Morgan fingerprint density at radius 1 is 1.27 bits per heavy atom. The Labute approximate surface area is 137 Å². The molecule has 0 saturated heterocycles. The van der Waals surface area contributed by atoms with Crippen LogP contribution >= 0.6 is 11.6 Å². The second-order valence-corrected chi connectivity index (χ2v) is 5.12. The van der Waals surface area contributed by atoms with Crippen LogP contribution in [0, 0.1) is 0 Å². The first kappa shape index (κ1) is 18.8. The van der Waals surface area contributed by atoms with Crippen molar-refractivity contribution < 1.29 is 14.6 Å². The predicted molar refractivity (Wildman–Crippen MR) is 90.0 cm³/mol. The zero-order valence-electron chi connectivity index (χ0n) is 13.0. The van der Waals surface area contributed by atoms with Crippen LogP contribution in [0.2, 0.25) is 5.02 Å². The van der Waals surface area contributed by atoms with E-state index in [-0.39, 0.29) is 6.61 Å². The van der Waals surface area contributed by atoms with Crippen LogP contribution in [0.25, 0.3) is 0 Å². The van der Waals surface area contributed by atoms with E-state index in [0.717, 1.165) is 25.1 Å². The standard InChI is InChI=1S/C16H25ClN2O3/c1-3-9-22-16-14(17)10-13(11-15(16)21-2)12-19-6-4-5-18-7-8-20/h3,10-11,18-20H,1,4-9,12H2,2H3. The van der Waals surface area contributed by atoms with Crippen LogP contribution in [0.4, 0.5) is 0 Å². The maximum absolute atomic E-state index is 8.65. The number of ether oxygens (including phenoxy) is 2. The first-order valence-corrected chi connectivity index (χ1v) is 7.73. The summed E-state index contributed by atoms with van der Waals surface area (Å²) < 4.78 is 10.8. The van der Waals surface area contributed by atoms with Crippen LogP contribution in [0.1, 0.15) is 12.0 Å². The lowest BCUT2D eigenvalue weighted by Crippen LogP contribution is -2.23. The van der Waals surface area contributed by atoms with E-state index in [1.54, 1.807) is 13.2 Å². The van der Waals surface area contributed by atoms with Crippen LogP contribution in [-0.2, 0) is 6.54 Å². The highest BCUT2D eigenvalue weighted by Gasteiger charge is 2.11. The topological polar surface area (TPSA) is 62.8 Å². The molecule has 0 saturated carbocycles. The fourth-order valence-electron chi connectivity index (χ4n) is 1.93. The molecule has 6 heteroatoms. The number of aliphatic hydroxyl groups is 1. The molecule has 0 heterocycles. The summed E-state index contributed by atoms with van der Waals surface area (Å²) in [6, 6.07) is 3.79. The van der Waals surface area contributed by atoms with Gasteiger partial charge in [0.15, 0.2) is 11.5 Å². The summed E-state index contributed by atoms with van der Waals surface area (Å²) in [6.45, 7) is 7.28. The van der Waals surface area contributed by atoms with Gasteiger partial charge in [-0.05, 0) is 37.2 Å². The highest BCUT2D eigenvalue weighted by atomic mass is 35.5. The maximum Gasteiger partial charge on any atom is 0.180 e. The van der Waals surface area contributed by atoms with Crippen molar-refractivity contribution in [2.75, 3.05) is 40.0 Å². The molecule has 0 atom stereocenters. The van der Waals surface area contributed by atoms with E-state index in [2.05, 4.69) is 17.2 Å². The number of hydrogen-bond donors (Lipinski definition) is 3. The Morgan fingerprint density at radius 2 is 2.05 bits per heavy atom.